The van der Waals surface area contributed by atoms with Crippen molar-refractivity contribution in [2.24, 2.45) is 5.92 Å². The zero-order valence-corrected chi connectivity index (χ0v) is 15.9. The number of carbonyl (C=O) groups is 1. The Morgan fingerprint density at radius 2 is 2.00 bits per heavy atom. The van der Waals surface area contributed by atoms with Crippen LogP contribution in [0.1, 0.15) is 51.5 Å². The molecule has 0 bridgehead atoms. The van der Waals surface area contributed by atoms with Gasteiger partial charge in [-0.05, 0) is 56.3 Å². The van der Waals surface area contributed by atoms with E-state index in [9.17, 15) is 4.79 Å². The molecular weight excluding hydrogens is 312 g/mol. The lowest BCUT2D eigenvalue weighted by molar-refractivity contribution is -0.142. The summed E-state index contributed by atoms with van der Waals surface area (Å²) in [7, 11) is 1.99. The molecule has 1 N–H and O–H groups in total. The van der Waals surface area contributed by atoms with Crippen molar-refractivity contribution in [1.82, 2.24) is 10.2 Å². The van der Waals surface area contributed by atoms with E-state index in [-0.39, 0.29) is 5.41 Å². The van der Waals surface area contributed by atoms with Gasteiger partial charge in [0.2, 0.25) is 5.91 Å². The van der Waals surface area contributed by atoms with E-state index >= 15 is 0 Å². The zero-order valence-electron chi connectivity index (χ0n) is 15.9. The summed E-state index contributed by atoms with van der Waals surface area (Å²) in [6.07, 6.45) is 5.34. The smallest absolute Gasteiger partial charge is 0.233 e. The van der Waals surface area contributed by atoms with Crippen LogP contribution < -0.4 is 10.1 Å². The van der Waals surface area contributed by atoms with Crippen molar-refractivity contribution in [3.63, 3.8) is 0 Å². The van der Waals surface area contributed by atoms with Gasteiger partial charge in [0.25, 0.3) is 0 Å². The number of hydrogen-bond acceptors (Lipinski definition) is 3. The van der Waals surface area contributed by atoms with Gasteiger partial charge < -0.3 is 15.0 Å². The lowest BCUT2D eigenvalue weighted by Crippen LogP contribution is -2.55. The summed E-state index contributed by atoms with van der Waals surface area (Å²) in [4.78, 5) is 15.4. The molecule has 0 spiro atoms. The van der Waals surface area contributed by atoms with E-state index in [1.54, 1.807) is 0 Å². The van der Waals surface area contributed by atoms with Gasteiger partial charge in [0, 0.05) is 19.1 Å². The molecule has 1 atom stereocenters. The van der Waals surface area contributed by atoms with Crippen molar-refractivity contribution in [2.75, 3.05) is 26.7 Å². The van der Waals surface area contributed by atoms with Crippen molar-refractivity contribution in [2.45, 2.75) is 57.4 Å². The number of nitrogens with zero attached hydrogens (tertiary/aromatic N) is 1. The molecule has 2 aliphatic rings. The van der Waals surface area contributed by atoms with E-state index in [1.807, 2.05) is 19.2 Å². The molecule has 1 aliphatic heterocycles. The molecule has 1 saturated heterocycles. The first kappa shape index (κ1) is 18.2. The number of rotatable bonds is 6. The lowest BCUT2D eigenvalue weighted by Gasteiger charge is -2.46. The number of nitrogens with one attached hydrogen (secondary N) is 1. The van der Waals surface area contributed by atoms with Gasteiger partial charge in [-0.2, -0.15) is 0 Å². The average Bonchev–Trinajstić information content (AvgIpc) is 2.60. The summed E-state index contributed by atoms with van der Waals surface area (Å²) >= 11 is 0. The van der Waals surface area contributed by atoms with Crippen LogP contribution in [-0.2, 0) is 10.2 Å². The fraction of sp³-hybridized carbons (Fsp3) is 0.667. The summed E-state index contributed by atoms with van der Waals surface area (Å²) in [5.41, 5.74) is 0.860. The Morgan fingerprint density at radius 1 is 1.28 bits per heavy atom. The number of likely N-dealkylation sites (N-methyl/N-ethyl adjacent to an activating group) is 1. The molecule has 4 heteroatoms. The fourth-order valence-electron chi connectivity index (χ4n) is 3.99. The molecule has 138 valence electrons. The van der Waals surface area contributed by atoms with Crippen molar-refractivity contribution in [3.8, 4) is 5.75 Å². The third kappa shape index (κ3) is 3.84. The Bertz CT molecular complexity index is 578. The molecule has 2 fully saturated rings. The quantitative estimate of drug-likeness (QED) is 0.860. The normalized spacial score (nSPS) is 22.6. The third-order valence-corrected chi connectivity index (χ3v) is 5.72. The van der Waals surface area contributed by atoms with E-state index in [1.165, 1.54) is 0 Å². The minimum absolute atomic E-state index is 0.299. The molecule has 1 amide bonds. The van der Waals surface area contributed by atoms with Crippen LogP contribution in [0, 0.1) is 5.92 Å². The highest BCUT2D eigenvalue weighted by Gasteiger charge is 2.48. The highest BCUT2D eigenvalue weighted by Crippen LogP contribution is 2.46. The Morgan fingerprint density at radius 3 is 2.56 bits per heavy atom. The number of amides is 1. The van der Waals surface area contributed by atoms with Gasteiger partial charge in [0.05, 0.1) is 12.0 Å². The minimum atomic E-state index is -0.299. The summed E-state index contributed by atoms with van der Waals surface area (Å²) in [5.74, 6) is 1.74. The van der Waals surface area contributed by atoms with Gasteiger partial charge >= 0.3 is 0 Å². The summed E-state index contributed by atoms with van der Waals surface area (Å²) in [6.45, 7) is 6.75. The molecule has 1 heterocycles. The van der Waals surface area contributed by atoms with Crippen LogP contribution in [0.3, 0.4) is 0 Å². The average molecular weight is 344 g/mol. The molecule has 0 aromatic heterocycles. The summed E-state index contributed by atoms with van der Waals surface area (Å²) in [6, 6.07) is 8.69. The molecule has 1 saturated carbocycles. The van der Waals surface area contributed by atoms with Gasteiger partial charge in [-0.25, -0.2) is 0 Å². The Kier molecular flexibility index (Phi) is 5.67. The number of likely N-dealkylation sites (tertiary alicyclic amines) is 1. The molecule has 1 unspecified atom stereocenters. The minimum Gasteiger partial charge on any atom is -0.493 e. The van der Waals surface area contributed by atoms with Gasteiger partial charge in [0.1, 0.15) is 5.75 Å². The first-order valence-electron chi connectivity index (χ1n) is 9.75. The highest BCUT2D eigenvalue weighted by atomic mass is 16.5. The predicted molar refractivity (Wildman–Crippen MR) is 101 cm³/mol. The standard InChI is InChI=1S/C21H32N2O2/c1-16(2)15-25-19-9-7-17(8-10-19)21(11-5-12-21)20(24)23-13-4-6-18(14-23)22-3/h7-10,16,18,22H,4-6,11-15H2,1-3H3. The topological polar surface area (TPSA) is 41.6 Å². The first-order valence-corrected chi connectivity index (χ1v) is 9.75. The SMILES string of the molecule is CNC1CCCN(C(=O)C2(c3ccc(OCC(C)C)cc3)CCC2)C1. The summed E-state index contributed by atoms with van der Waals surface area (Å²) < 4.78 is 5.79. The van der Waals surface area contributed by atoms with Crippen LogP contribution in [0.5, 0.6) is 5.75 Å². The van der Waals surface area contributed by atoms with Crippen molar-refractivity contribution >= 4 is 5.91 Å². The van der Waals surface area contributed by atoms with E-state index in [0.29, 0.717) is 17.9 Å². The van der Waals surface area contributed by atoms with E-state index < -0.39 is 0 Å². The number of hydrogen-bond donors (Lipinski definition) is 1. The van der Waals surface area contributed by atoms with Crippen LogP contribution >= 0.6 is 0 Å². The van der Waals surface area contributed by atoms with Crippen molar-refractivity contribution < 1.29 is 9.53 Å². The van der Waals surface area contributed by atoms with Crippen LogP contribution in [-0.4, -0.2) is 43.6 Å². The maximum absolute atomic E-state index is 13.3. The first-order chi connectivity index (χ1) is 12.0. The molecular formula is C21H32N2O2. The second-order valence-corrected chi connectivity index (χ2v) is 8.04. The van der Waals surface area contributed by atoms with E-state index in [4.69, 9.17) is 4.74 Å². The number of carbonyl (C=O) groups excluding carboxylic acids is 1. The molecule has 1 aromatic carbocycles. The monoisotopic (exact) mass is 344 g/mol. The third-order valence-electron chi connectivity index (χ3n) is 5.72. The van der Waals surface area contributed by atoms with Crippen molar-refractivity contribution in [1.29, 1.82) is 0 Å². The molecule has 1 aromatic rings. The van der Waals surface area contributed by atoms with Gasteiger partial charge in [-0.1, -0.05) is 32.4 Å². The Hall–Kier alpha value is -1.55. The molecule has 4 nitrogen and oxygen atoms in total. The number of benzene rings is 1. The van der Waals surface area contributed by atoms with Gasteiger partial charge in [0.15, 0.2) is 0 Å². The Labute approximate surface area is 151 Å². The van der Waals surface area contributed by atoms with Crippen LogP contribution in [0.15, 0.2) is 24.3 Å². The van der Waals surface area contributed by atoms with Gasteiger partial charge in [-0.15, -0.1) is 0 Å². The fourth-order valence-corrected chi connectivity index (χ4v) is 3.99. The number of ether oxygens (including phenoxy) is 1. The van der Waals surface area contributed by atoms with Gasteiger partial charge in [-0.3, -0.25) is 4.79 Å². The maximum Gasteiger partial charge on any atom is 0.233 e. The predicted octanol–water partition coefficient (Wildman–Crippen LogP) is 3.35. The highest BCUT2D eigenvalue weighted by molar-refractivity contribution is 5.89. The maximum atomic E-state index is 13.3. The second kappa shape index (κ2) is 7.77. The van der Waals surface area contributed by atoms with Crippen molar-refractivity contribution in [3.05, 3.63) is 29.8 Å². The molecule has 3 rings (SSSR count). The lowest BCUT2D eigenvalue weighted by atomic mass is 9.63. The number of piperidine rings is 1. The molecule has 0 radical (unpaired) electrons. The van der Waals surface area contributed by atoms with Crippen LogP contribution in [0.2, 0.25) is 0 Å². The Balaban J connectivity index is 1.72. The second-order valence-electron chi connectivity index (χ2n) is 8.04. The van der Waals surface area contributed by atoms with E-state index in [0.717, 1.165) is 63.1 Å². The van der Waals surface area contributed by atoms with Crippen LogP contribution in [0.25, 0.3) is 0 Å². The van der Waals surface area contributed by atoms with Crippen LogP contribution in [0.4, 0.5) is 0 Å². The summed E-state index contributed by atoms with van der Waals surface area (Å²) in [5, 5.41) is 3.34. The largest absolute Gasteiger partial charge is 0.493 e. The molecule has 1 aliphatic carbocycles. The zero-order chi connectivity index (χ0) is 17.9. The molecule has 25 heavy (non-hydrogen) atoms. The van der Waals surface area contributed by atoms with E-state index in [2.05, 4.69) is 36.2 Å².